The first-order chi connectivity index (χ1) is 17.6. The first kappa shape index (κ1) is 22.5. The Balaban J connectivity index is 1.13. The van der Waals surface area contributed by atoms with Crippen LogP contribution in [0, 0.1) is 0 Å². The maximum absolute atomic E-state index is 13.2. The Morgan fingerprint density at radius 2 is 1.97 bits per heavy atom. The van der Waals surface area contributed by atoms with E-state index in [0.717, 1.165) is 35.7 Å². The van der Waals surface area contributed by atoms with Gasteiger partial charge in [-0.05, 0) is 43.7 Å². The van der Waals surface area contributed by atoms with Crippen LogP contribution in [0.5, 0.6) is 5.75 Å². The Morgan fingerprint density at radius 3 is 2.81 bits per heavy atom. The average Bonchev–Trinajstić information content (AvgIpc) is 3.51. The van der Waals surface area contributed by atoms with Gasteiger partial charge in [-0.15, -0.1) is 0 Å². The van der Waals surface area contributed by atoms with Crippen LogP contribution in [0.4, 0.5) is 0 Å². The lowest BCUT2D eigenvalue weighted by atomic mass is 10.1. The standard InChI is InChI=1S/C28H29N5O3/c1-32(18-23-14-24(30-29-23)21-8-9-21)16-19-7-10-26-22(13-19)17-33(11-12-35-26)28(34)27-15-25(31-36-27)20-5-3-2-4-6-20/h2-7,10,13-15,21H,8-9,11-12,16-18H2,1H3,(H,29,30). The molecule has 4 aromatic rings. The predicted octanol–water partition coefficient (Wildman–Crippen LogP) is 4.61. The molecule has 1 aliphatic heterocycles. The number of fused-ring (bicyclic) bond motifs is 1. The second-order valence-corrected chi connectivity index (χ2v) is 9.72. The molecule has 3 heterocycles. The molecule has 1 fully saturated rings. The van der Waals surface area contributed by atoms with Crippen molar-refractivity contribution in [1.29, 1.82) is 0 Å². The summed E-state index contributed by atoms with van der Waals surface area (Å²) in [5.41, 5.74) is 6.05. The van der Waals surface area contributed by atoms with Gasteiger partial charge in [-0.25, -0.2) is 0 Å². The summed E-state index contributed by atoms with van der Waals surface area (Å²) >= 11 is 0. The zero-order valence-electron chi connectivity index (χ0n) is 20.3. The highest BCUT2D eigenvalue weighted by molar-refractivity contribution is 5.92. The second kappa shape index (κ2) is 9.62. The van der Waals surface area contributed by atoms with Gasteiger partial charge in [0.1, 0.15) is 18.1 Å². The minimum absolute atomic E-state index is 0.186. The molecule has 0 unspecified atom stereocenters. The molecule has 0 atom stereocenters. The molecule has 6 rings (SSSR count). The zero-order chi connectivity index (χ0) is 24.5. The first-order valence-corrected chi connectivity index (χ1v) is 12.4. The number of hydrogen-bond acceptors (Lipinski definition) is 6. The second-order valence-electron chi connectivity index (χ2n) is 9.72. The van der Waals surface area contributed by atoms with Crippen molar-refractivity contribution in [2.75, 3.05) is 20.2 Å². The number of ether oxygens (including phenoxy) is 1. The van der Waals surface area contributed by atoms with Gasteiger partial charge >= 0.3 is 0 Å². The topological polar surface area (TPSA) is 87.5 Å². The highest BCUT2D eigenvalue weighted by Crippen LogP contribution is 2.39. The fraction of sp³-hybridized carbons (Fsp3) is 0.321. The van der Waals surface area contributed by atoms with E-state index in [2.05, 4.69) is 45.5 Å². The van der Waals surface area contributed by atoms with Gasteiger partial charge < -0.3 is 14.2 Å². The minimum atomic E-state index is -0.186. The van der Waals surface area contributed by atoms with Gasteiger partial charge in [-0.2, -0.15) is 5.10 Å². The minimum Gasteiger partial charge on any atom is -0.491 e. The fourth-order valence-electron chi connectivity index (χ4n) is 4.70. The lowest BCUT2D eigenvalue weighted by Crippen LogP contribution is -2.32. The van der Waals surface area contributed by atoms with Crippen molar-refractivity contribution in [3.05, 3.63) is 88.9 Å². The molecule has 8 heteroatoms. The Labute approximate surface area is 209 Å². The van der Waals surface area contributed by atoms with Crippen LogP contribution in [-0.4, -0.2) is 51.3 Å². The van der Waals surface area contributed by atoms with E-state index in [1.54, 1.807) is 11.0 Å². The molecular formula is C28H29N5O3. The highest BCUT2D eigenvalue weighted by atomic mass is 16.5. The molecule has 8 nitrogen and oxygen atoms in total. The molecule has 1 N–H and O–H groups in total. The summed E-state index contributed by atoms with van der Waals surface area (Å²) in [6, 6.07) is 19.8. The van der Waals surface area contributed by atoms with Crippen molar-refractivity contribution in [3.63, 3.8) is 0 Å². The van der Waals surface area contributed by atoms with Crippen LogP contribution in [-0.2, 0) is 19.6 Å². The lowest BCUT2D eigenvalue weighted by molar-refractivity contribution is 0.0691. The SMILES string of the molecule is CN(Cc1ccc2c(c1)CN(C(=O)c1cc(-c3ccccc3)no1)CCO2)Cc1cc(C2CC2)n[nH]1. The molecule has 0 spiro atoms. The molecule has 0 saturated heterocycles. The van der Waals surface area contributed by atoms with Gasteiger partial charge in [-0.1, -0.05) is 41.6 Å². The van der Waals surface area contributed by atoms with Crippen LogP contribution in [0.3, 0.4) is 0 Å². The van der Waals surface area contributed by atoms with E-state index in [-0.39, 0.29) is 11.7 Å². The quantitative estimate of drug-likeness (QED) is 0.413. The van der Waals surface area contributed by atoms with Crippen LogP contribution < -0.4 is 4.74 Å². The smallest absolute Gasteiger partial charge is 0.292 e. The summed E-state index contributed by atoms with van der Waals surface area (Å²) in [5, 5.41) is 11.7. The molecule has 184 valence electrons. The molecular weight excluding hydrogens is 454 g/mol. The number of aromatic nitrogens is 3. The fourth-order valence-corrected chi connectivity index (χ4v) is 4.70. The summed E-state index contributed by atoms with van der Waals surface area (Å²) in [6.07, 6.45) is 2.50. The Morgan fingerprint density at radius 1 is 1.11 bits per heavy atom. The molecule has 36 heavy (non-hydrogen) atoms. The van der Waals surface area contributed by atoms with Crippen molar-refractivity contribution < 1.29 is 14.1 Å². The number of hydrogen-bond donors (Lipinski definition) is 1. The van der Waals surface area contributed by atoms with Gasteiger partial charge in [0.2, 0.25) is 5.76 Å². The van der Waals surface area contributed by atoms with Gasteiger partial charge in [0, 0.05) is 48.4 Å². The third-order valence-electron chi connectivity index (χ3n) is 6.72. The lowest BCUT2D eigenvalue weighted by Gasteiger charge is -2.19. The van der Waals surface area contributed by atoms with Crippen LogP contribution in [0.15, 0.2) is 65.2 Å². The molecule has 0 radical (unpaired) electrons. The zero-order valence-corrected chi connectivity index (χ0v) is 20.3. The number of amides is 1. The van der Waals surface area contributed by atoms with Crippen molar-refractivity contribution in [2.45, 2.75) is 38.4 Å². The Bertz CT molecular complexity index is 1360. The normalized spacial score (nSPS) is 15.4. The van der Waals surface area contributed by atoms with Crippen molar-refractivity contribution in [2.24, 2.45) is 0 Å². The van der Waals surface area contributed by atoms with Crippen LogP contribution in [0.1, 0.15) is 51.8 Å². The number of benzene rings is 2. The summed E-state index contributed by atoms with van der Waals surface area (Å²) in [5.74, 6) is 1.52. The molecule has 1 aliphatic carbocycles. The van der Waals surface area contributed by atoms with Gasteiger partial charge in [0.05, 0.1) is 12.2 Å². The monoisotopic (exact) mass is 483 g/mol. The van der Waals surface area contributed by atoms with E-state index < -0.39 is 0 Å². The average molecular weight is 484 g/mol. The molecule has 1 saturated carbocycles. The summed E-state index contributed by atoms with van der Waals surface area (Å²) in [7, 11) is 2.10. The van der Waals surface area contributed by atoms with Crippen molar-refractivity contribution >= 4 is 5.91 Å². The van der Waals surface area contributed by atoms with Crippen molar-refractivity contribution in [3.8, 4) is 17.0 Å². The molecule has 0 bridgehead atoms. The van der Waals surface area contributed by atoms with Gasteiger partial charge in [-0.3, -0.25) is 14.8 Å². The third kappa shape index (κ3) is 4.90. The van der Waals surface area contributed by atoms with E-state index in [1.807, 2.05) is 36.4 Å². The molecule has 2 aromatic heterocycles. The summed E-state index contributed by atoms with van der Waals surface area (Å²) < 4.78 is 11.4. The molecule has 2 aliphatic rings. The number of nitrogens with one attached hydrogen (secondary N) is 1. The predicted molar refractivity (Wildman–Crippen MR) is 134 cm³/mol. The summed E-state index contributed by atoms with van der Waals surface area (Å²) in [6.45, 7) is 2.95. The number of aromatic amines is 1. The van der Waals surface area contributed by atoms with Crippen molar-refractivity contribution in [1.82, 2.24) is 25.2 Å². The Kier molecular flexibility index (Phi) is 6.03. The Hall–Kier alpha value is -3.91. The number of rotatable bonds is 7. The van der Waals surface area contributed by atoms with E-state index in [0.29, 0.717) is 31.3 Å². The largest absolute Gasteiger partial charge is 0.491 e. The first-order valence-electron chi connectivity index (χ1n) is 12.4. The van der Waals surface area contributed by atoms with Crippen LogP contribution in [0.25, 0.3) is 11.3 Å². The summed E-state index contributed by atoms with van der Waals surface area (Å²) in [4.78, 5) is 17.3. The van der Waals surface area contributed by atoms with E-state index in [9.17, 15) is 4.79 Å². The van der Waals surface area contributed by atoms with E-state index in [1.165, 1.54) is 24.1 Å². The number of H-pyrrole nitrogens is 1. The maximum Gasteiger partial charge on any atom is 0.292 e. The maximum atomic E-state index is 13.2. The highest BCUT2D eigenvalue weighted by Gasteiger charge is 2.27. The van der Waals surface area contributed by atoms with Crippen LogP contribution >= 0.6 is 0 Å². The van der Waals surface area contributed by atoms with E-state index in [4.69, 9.17) is 9.26 Å². The molecule has 1 amide bonds. The number of carbonyl (C=O) groups is 1. The van der Waals surface area contributed by atoms with Gasteiger partial charge in [0.15, 0.2) is 0 Å². The molecule has 2 aromatic carbocycles. The number of nitrogens with zero attached hydrogens (tertiary/aromatic N) is 4. The van der Waals surface area contributed by atoms with E-state index >= 15 is 0 Å². The third-order valence-corrected chi connectivity index (χ3v) is 6.72. The number of carbonyl (C=O) groups excluding carboxylic acids is 1. The van der Waals surface area contributed by atoms with Crippen LogP contribution in [0.2, 0.25) is 0 Å². The van der Waals surface area contributed by atoms with Gasteiger partial charge in [0.25, 0.3) is 5.91 Å².